The molecule has 0 aliphatic heterocycles. The van der Waals surface area contributed by atoms with E-state index in [9.17, 15) is 14.8 Å². The molecule has 0 bridgehead atoms. The normalized spacial score (nSPS) is 12.3. The van der Waals surface area contributed by atoms with E-state index in [4.69, 9.17) is 0 Å². The molecule has 106 valence electrons. The van der Waals surface area contributed by atoms with E-state index >= 15 is 0 Å². The first-order chi connectivity index (χ1) is 9.28. The average molecular weight is 290 g/mol. The SMILES string of the molecule is CC(C)(C)P(=O)(c1ccccc1O)c1ccccc1O. The van der Waals surface area contributed by atoms with E-state index in [0.717, 1.165) is 0 Å². The molecule has 3 nitrogen and oxygen atoms in total. The highest BCUT2D eigenvalue weighted by Gasteiger charge is 2.43. The molecule has 2 N–H and O–H groups in total. The van der Waals surface area contributed by atoms with Crippen molar-refractivity contribution in [3.63, 3.8) is 0 Å². The fraction of sp³-hybridized carbons (Fsp3) is 0.250. The number of aromatic hydroxyl groups is 2. The molecule has 0 unspecified atom stereocenters. The zero-order valence-corrected chi connectivity index (χ0v) is 12.8. The van der Waals surface area contributed by atoms with Crippen molar-refractivity contribution in [1.29, 1.82) is 0 Å². The number of para-hydroxylation sites is 2. The minimum absolute atomic E-state index is 0.00555. The summed E-state index contributed by atoms with van der Waals surface area (Å²) in [7, 11) is -3.18. The number of benzene rings is 2. The van der Waals surface area contributed by atoms with Crippen LogP contribution in [0.1, 0.15) is 20.8 Å². The van der Waals surface area contributed by atoms with Crippen molar-refractivity contribution < 1.29 is 14.8 Å². The van der Waals surface area contributed by atoms with Crippen LogP contribution in [0.5, 0.6) is 11.5 Å². The Kier molecular flexibility index (Phi) is 3.66. The van der Waals surface area contributed by atoms with Gasteiger partial charge in [0.25, 0.3) is 0 Å². The van der Waals surface area contributed by atoms with Crippen LogP contribution in [0.15, 0.2) is 48.5 Å². The third-order valence-corrected chi connectivity index (χ3v) is 7.39. The number of hydrogen-bond acceptors (Lipinski definition) is 3. The second-order valence-corrected chi connectivity index (χ2v) is 9.28. The van der Waals surface area contributed by atoms with Gasteiger partial charge in [0.1, 0.15) is 11.5 Å². The van der Waals surface area contributed by atoms with Gasteiger partial charge in [0, 0.05) is 5.16 Å². The van der Waals surface area contributed by atoms with Crippen LogP contribution in [0.4, 0.5) is 0 Å². The largest absolute Gasteiger partial charge is 0.507 e. The minimum atomic E-state index is -3.18. The van der Waals surface area contributed by atoms with Gasteiger partial charge in [-0.1, -0.05) is 45.0 Å². The standard InChI is InChI=1S/C16H19O3P/c1-16(2,3)20(19,14-10-6-4-8-12(14)17)15-11-7-5-9-13(15)18/h4-11,17-18H,1-3H3. The highest BCUT2D eigenvalue weighted by Crippen LogP contribution is 2.58. The average Bonchev–Trinajstić information content (AvgIpc) is 2.37. The number of rotatable bonds is 2. The third kappa shape index (κ3) is 2.23. The lowest BCUT2D eigenvalue weighted by Gasteiger charge is -2.32. The van der Waals surface area contributed by atoms with Crippen molar-refractivity contribution in [2.75, 3.05) is 0 Å². The zero-order chi connectivity index (χ0) is 15.0. The molecule has 0 heterocycles. The summed E-state index contributed by atoms with van der Waals surface area (Å²) in [6.07, 6.45) is 0. The molecule has 0 fully saturated rings. The van der Waals surface area contributed by atoms with Crippen LogP contribution in [0.25, 0.3) is 0 Å². The molecule has 0 saturated carbocycles. The van der Waals surface area contributed by atoms with Crippen molar-refractivity contribution in [3.05, 3.63) is 48.5 Å². The van der Waals surface area contributed by atoms with Crippen molar-refractivity contribution in [2.45, 2.75) is 25.9 Å². The molecule has 0 aromatic heterocycles. The molecular formula is C16H19O3P. The first kappa shape index (κ1) is 14.7. The molecule has 0 saturated heterocycles. The maximum atomic E-state index is 13.8. The van der Waals surface area contributed by atoms with E-state index in [-0.39, 0.29) is 11.5 Å². The highest BCUT2D eigenvalue weighted by atomic mass is 31.2. The summed E-state index contributed by atoms with van der Waals surface area (Å²) in [6, 6.07) is 13.2. The van der Waals surface area contributed by atoms with E-state index in [0.29, 0.717) is 10.6 Å². The van der Waals surface area contributed by atoms with E-state index in [1.165, 1.54) is 12.1 Å². The molecule has 4 heteroatoms. The van der Waals surface area contributed by atoms with Crippen LogP contribution in [-0.2, 0) is 4.57 Å². The summed E-state index contributed by atoms with van der Waals surface area (Å²) < 4.78 is 13.8. The fourth-order valence-electron chi connectivity index (χ4n) is 2.31. The Balaban J connectivity index is 2.82. The first-order valence-corrected chi connectivity index (χ1v) is 8.16. The second kappa shape index (κ2) is 4.99. The summed E-state index contributed by atoms with van der Waals surface area (Å²) in [4.78, 5) is 0. The van der Waals surface area contributed by atoms with Crippen LogP contribution in [0.3, 0.4) is 0 Å². The summed E-state index contributed by atoms with van der Waals surface area (Å²) in [5, 5.41) is 20.4. The van der Waals surface area contributed by atoms with Gasteiger partial charge in [-0.05, 0) is 24.3 Å². The van der Waals surface area contributed by atoms with Crippen molar-refractivity contribution in [3.8, 4) is 11.5 Å². The molecule has 0 radical (unpaired) electrons. The molecule has 0 atom stereocenters. The van der Waals surface area contributed by atoms with Gasteiger partial charge in [-0.3, -0.25) is 0 Å². The van der Waals surface area contributed by atoms with Crippen LogP contribution >= 0.6 is 7.14 Å². The molecule has 0 aliphatic carbocycles. The zero-order valence-electron chi connectivity index (χ0n) is 11.9. The molecule has 2 rings (SSSR count). The van der Waals surface area contributed by atoms with Gasteiger partial charge in [-0.2, -0.15) is 0 Å². The molecule has 20 heavy (non-hydrogen) atoms. The Morgan fingerprint density at radius 2 is 1.15 bits per heavy atom. The lowest BCUT2D eigenvalue weighted by atomic mass is 10.2. The van der Waals surface area contributed by atoms with Gasteiger partial charge in [0.05, 0.1) is 10.6 Å². The van der Waals surface area contributed by atoms with Crippen molar-refractivity contribution in [1.82, 2.24) is 0 Å². The summed E-state index contributed by atoms with van der Waals surface area (Å²) in [5.41, 5.74) is 0. The summed E-state index contributed by atoms with van der Waals surface area (Å²) in [5.74, 6) is -0.0111. The summed E-state index contributed by atoms with van der Waals surface area (Å²) >= 11 is 0. The number of hydrogen-bond donors (Lipinski definition) is 2. The van der Waals surface area contributed by atoms with E-state index in [1.807, 2.05) is 20.8 Å². The summed E-state index contributed by atoms with van der Waals surface area (Å²) in [6.45, 7) is 5.56. The third-order valence-electron chi connectivity index (χ3n) is 3.39. The topological polar surface area (TPSA) is 57.5 Å². The maximum absolute atomic E-state index is 13.8. The molecule has 0 spiro atoms. The Labute approximate surface area is 119 Å². The Bertz CT molecular complexity index is 622. The van der Waals surface area contributed by atoms with Crippen molar-refractivity contribution in [2.24, 2.45) is 0 Å². The van der Waals surface area contributed by atoms with Gasteiger partial charge >= 0.3 is 0 Å². The van der Waals surface area contributed by atoms with Crippen molar-refractivity contribution >= 4 is 17.8 Å². The fourth-order valence-corrected chi connectivity index (χ4v) is 5.40. The van der Waals surface area contributed by atoms with E-state index in [2.05, 4.69) is 0 Å². The van der Waals surface area contributed by atoms with E-state index in [1.54, 1.807) is 36.4 Å². The van der Waals surface area contributed by atoms with Gasteiger partial charge < -0.3 is 14.8 Å². The van der Waals surface area contributed by atoms with E-state index < -0.39 is 12.3 Å². The number of phenolic OH excluding ortho intramolecular Hbond substituents is 2. The Morgan fingerprint density at radius 1 is 0.800 bits per heavy atom. The maximum Gasteiger partial charge on any atom is 0.155 e. The molecule has 0 aliphatic rings. The predicted octanol–water partition coefficient (Wildman–Crippen LogP) is 3.21. The van der Waals surface area contributed by atoms with Gasteiger partial charge in [-0.15, -0.1) is 0 Å². The molecular weight excluding hydrogens is 271 g/mol. The first-order valence-electron chi connectivity index (χ1n) is 6.46. The second-order valence-electron chi connectivity index (χ2n) is 5.76. The Morgan fingerprint density at radius 3 is 1.45 bits per heavy atom. The smallest absolute Gasteiger partial charge is 0.155 e. The quantitative estimate of drug-likeness (QED) is 0.835. The minimum Gasteiger partial charge on any atom is -0.507 e. The van der Waals surface area contributed by atoms with Crippen LogP contribution in [-0.4, -0.2) is 15.4 Å². The van der Waals surface area contributed by atoms with Gasteiger partial charge in [0.2, 0.25) is 0 Å². The monoisotopic (exact) mass is 290 g/mol. The molecule has 2 aromatic carbocycles. The predicted molar refractivity (Wildman–Crippen MR) is 82.8 cm³/mol. The molecule has 2 aromatic rings. The molecule has 0 amide bonds. The van der Waals surface area contributed by atoms with Gasteiger partial charge in [-0.25, -0.2) is 0 Å². The lowest BCUT2D eigenvalue weighted by molar-refractivity contribution is 0.476. The highest BCUT2D eigenvalue weighted by molar-refractivity contribution is 7.80. The van der Waals surface area contributed by atoms with Crippen LogP contribution in [0, 0.1) is 0 Å². The van der Waals surface area contributed by atoms with Gasteiger partial charge in [0.15, 0.2) is 7.14 Å². The number of phenols is 2. The lowest BCUT2D eigenvalue weighted by Crippen LogP contribution is -2.30. The van der Waals surface area contributed by atoms with Crippen LogP contribution < -0.4 is 10.6 Å². The van der Waals surface area contributed by atoms with Crippen LogP contribution in [0.2, 0.25) is 0 Å². The Hall–Kier alpha value is -1.73.